The molecular weight excluding hydrogens is 162 g/mol. The Morgan fingerprint density at radius 3 is 2.00 bits per heavy atom. The van der Waals surface area contributed by atoms with E-state index in [0.717, 1.165) is 0 Å². The minimum absolute atomic E-state index is 0.442. The van der Waals surface area contributed by atoms with Gasteiger partial charge in [-0.2, -0.15) is 0 Å². The van der Waals surface area contributed by atoms with Gasteiger partial charge in [-0.05, 0) is 26.8 Å². The van der Waals surface area contributed by atoms with E-state index in [1.165, 1.54) is 44.9 Å². The Morgan fingerprint density at radius 2 is 1.54 bits per heavy atom. The van der Waals surface area contributed by atoms with Crippen molar-refractivity contribution in [1.29, 1.82) is 0 Å². The van der Waals surface area contributed by atoms with Crippen molar-refractivity contribution in [3.8, 4) is 0 Å². The summed E-state index contributed by atoms with van der Waals surface area (Å²) in [6, 6.07) is 0. The molecular formula is C11H23NO. The first-order valence-corrected chi connectivity index (χ1v) is 5.58. The summed E-state index contributed by atoms with van der Waals surface area (Å²) in [7, 11) is 1.85. The van der Waals surface area contributed by atoms with E-state index in [2.05, 4.69) is 5.32 Å². The first kappa shape index (κ1) is 11.0. The molecule has 0 heterocycles. The van der Waals surface area contributed by atoms with Gasteiger partial charge in [0.05, 0.1) is 0 Å². The molecule has 0 bridgehead atoms. The van der Waals surface area contributed by atoms with Crippen LogP contribution < -0.4 is 5.32 Å². The summed E-state index contributed by atoms with van der Waals surface area (Å²) < 4.78 is 0. The van der Waals surface area contributed by atoms with Crippen LogP contribution in [0.5, 0.6) is 0 Å². The van der Waals surface area contributed by atoms with E-state index in [-0.39, 0.29) is 0 Å². The van der Waals surface area contributed by atoms with Gasteiger partial charge in [0, 0.05) is 5.92 Å². The fraction of sp³-hybridized carbons (Fsp3) is 1.00. The van der Waals surface area contributed by atoms with Gasteiger partial charge in [0.1, 0.15) is 5.72 Å². The molecule has 0 aromatic heterocycles. The van der Waals surface area contributed by atoms with Crippen molar-refractivity contribution in [3.63, 3.8) is 0 Å². The summed E-state index contributed by atoms with van der Waals surface area (Å²) in [4.78, 5) is 0. The molecule has 1 fully saturated rings. The molecule has 78 valence electrons. The molecule has 0 saturated heterocycles. The van der Waals surface area contributed by atoms with Crippen molar-refractivity contribution < 1.29 is 5.11 Å². The zero-order valence-corrected chi connectivity index (χ0v) is 8.97. The van der Waals surface area contributed by atoms with E-state index in [1.807, 2.05) is 14.0 Å². The molecule has 0 aromatic rings. The lowest BCUT2D eigenvalue weighted by Gasteiger charge is -2.33. The molecule has 1 unspecified atom stereocenters. The highest BCUT2D eigenvalue weighted by Crippen LogP contribution is 2.28. The molecule has 0 radical (unpaired) electrons. The molecule has 2 N–H and O–H groups in total. The largest absolute Gasteiger partial charge is 0.376 e. The zero-order valence-electron chi connectivity index (χ0n) is 8.97. The number of hydrogen-bond donors (Lipinski definition) is 2. The Labute approximate surface area is 81.7 Å². The highest BCUT2D eigenvalue weighted by molar-refractivity contribution is 4.79. The van der Waals surface area contributed by atoms with E-state index in [1.54, 1.807) is 0 Å². The van der Waals surface area contributed by atoms with Gasteiger partial charge in [-0.1, -0.05) is 32.1 Å². The van der Waals surface area contributed by atoms with Crippen molar-refractivity contribution in [2.75, 3.05) is 7.05 Å². The predicted octanol–water partition coefficient (Wildman–Crippen LogP) is 2.27. The van der Waals surface area contributed by atoms with Crippen LogP contribution in [0.1, 0.15) is 51.9 Å². The molecule has 1 rings (SSSR count). The fourth-order valence-electron chi connectivity index (χ4n) is 2.22. The molecule has 0 amide bonds. The van der Waals surface area contributed by atoms with Crippen LogP contribution in [-0.4, -0.2) is 17.9 Å². The molecule has 2 heteroatoms. The van der Waals surface area contributed by atoms with E-state index in [0.29, 0.717) is 5.92 Å². The average molecular weight is 185 g/mol. The standard InChI is InChI=1S/C11H23NO/c1-11(13,12-2)10-8-6-4-3-5-7-9-10/h10,12-13H,3-9H2,1-2H3. The molecule has 13 heavy (non-hydrogen) atoms. The third-order valence-electron chi connectivity index (χ3n) is 3.41. The maximum absolute atomic E-state index is 10.1. The second-order valence-corrected chi connectivity index (χ2v) is 4.44. The normalized spacial score (nSPS) is 26.1. The Kier molecular flexibility index (Phi) is 4.20. The second kappa shape index (κ2) is 4.97. The minimum atomic E-state index is -0.655. The Hall–Kier alpha value is -0.0800. The van der Waals surface area contributed by atoms with Crippen LogP contribution in [-0.2, 0) is 0 Å². The van der Waals surface area contributed by atoms with Gasteiger partial charge in [0.15, 0.2) is 0 Å². The number of rotatable bonds is 2. The van der Waals surface area contributed by atoms with E-state index < -0.39 is 5.72 Å². The number of nitrogens with one attached hydrogen (secondary N) is 1. The van der Waals surface area contributed by atoms with E-state index in [9.17, 15) is 5.11 Å². The summed E-state index contributed by atoms with van der Waals surface area (Å²) in [5.74, 6) is 0.442. The SMILES string of the molecule is CNC(C)(O)C1CCCCCCC1. The maximum atomic E-state index is 10.1. The number of aliphatic hydroxyl groups is 1. The summed E-state index contributed by atoms with van der Waals surface area (Å²) in [5.41, 5.74) is -0.655. The number of hydrogen-bond acceptors (Lipinski definition) is 2. The van der Waals surface area contributed by atoms with E-state index >= 15 is 0 Å². The molecule has 1 aliphatic carbocycles. The van der Waals surface area contributed by atoms with Crippen LogP contribution >= 0.6 is 0 Å². The smallest absolute Gasteiger partial charge is 0.115 e. The lowest BCUT2D eigenvalue weighted by Crippen LogP contribution is -2.46. The molecule has 1 saturated carbocycles. The topological polar surface area (TPSA) is 32.3 Å². The van der Waals surface area contributed by atoms with Gasteiger partial charge in [-0.25, -0.2) is 0 Å². The Morgan fingerprint density at radius 1 is 1.08 bits per heavy atom. The van der Waals surface area contributed by atoms with E-state index in [4.69, 9.17) is 0 Å². The first-order valence-electron chi connectivity index (χ1n) is 5.58. The fourth-order valence-corrected chi connectivity index (χ4v) is 2.22. The quantitative estimate of drug-likeness (QED) is 0.647. The van der Waals surface area contributed by atoms with Crippen molar-refractivity contribution in [2.45, 2.75) is 57.6 Å². The summed E-state index contributed by atoms with van der Waals surface area (Å²) >= 11 is 0. The van der Waals surface area contributed by atoms with Crippen molar-refractivity contribution in [2.24, 2.45) is 5.92 Å². The highest BCUT2D eigenvalue weighted by Gasteiger charge is 2.29. The van der Waals surface area contributed by atoms with Crippen molar-refractivity contribution in [1.82, 2.24) is 5.32 Å². The average Bonchev–Trinajstić information content (AvgIpc) is 2.03. The maximum Gasteiger partial charge on any atom is 0.115 e. The van der Waals surface area contributed by atoms with Crippen molar-refractivity contribution >= 4 is 0 Å². The molecule has 0 aliphatic heterocycles. The Bertz CT molecular complexity index is 137. The monoisotopic (exact) mass is 185 g/mol. The van der Waals surface area contributed by atoms with Gasteiger partial charge in [-0.3, -0.25) is 5.32 Å². The molecule has 2 nitrogen and oxygen atoms in total. The van der Waals surface area contributed by atoms with Crippen LogP contribution in [0.2, 0.25) is 0 Å². The Balaban J connectivity index is 2.45. The van der Waals surface area contributed by atoms with Gasteiger partial charge >= 0.3 is 0 Å². The van der Waals surface area contributed by atoms with Gasteiger partial charge in [0.25, 0.3) is 0 Å². The van der Waals surface area contributed by atoms with Crippen molar-refractivity contribution in [3.05, 3.63) is 0 Å². The lowest BCUT2D eigenvalue weighted by molar-refractivity contribution is -0.0358. The van der Waals surface area contributed by atoms with Gasteiger partial charge in [-0.15, -0.1) is 0 Å². The van der Waals surface area contributed by atoms with Crippen LogP contribution in [0.3, 0.4) is 0 Å². The summed E-state index contributed by atoms with van der Waals surface area (Å²) in [5, 5.41) is 13.1. The van der Waals surface area contributed by atoms with Crippen LogP contribution in [0.25, 0.3) is 0 Å². The predicted molar refractivity (Wildman–Crippen MR) is 55.5 cm³/mol. The zero-order chi connectivity index (χ0) is 9.73. The van der Waals surface area contributed by atoms with Gasteiger partial charge in [0.2, 0.25) is 0 Å². The second-order valence-electron chi connectivity index (χ2n) is 4.44. The summed E-state index contributed by atoms with van der Waals surface area (Å²) in [6.07, 6.45) is 8.98. The first-order chi connectivity index (χ1) is 6.17. The third-order valence-corrected chi connectivity index (χ3v) is 3.41. The van der Waals surface area contributed by atoms with Crippen LogP contribution in [0, 0.1) is 5.92 Å². The third kappa shape index (κ3) is 3.28. The van der Waals surface area contributed by atoms with Gasteiger partial charge < -0.3 is 5.11 Å². The summed E-state index contributed by atoms with van der Waals surface area (Å²) in [6.45, 7) is 1.90. The molecule has 0 spiro atoms. The minimum Gasteiger partial charge on any atom is -0.376 e. The van der Waals surface area contributed by atoms with Crippen LogP contribution in [0.4, 0.5) is 0 Å². The highest BCUT2D eigenvalue weighted by atomic mass is 16.3. The molecule has 1 atom stereocenters. The molecule has 0 aromatic carbocycles. The van der Waals surface area contributed by atoms with Crippen LogP contribution in [0.15, 0.2) is 0 Å². The lowest BCUT2D eigenvalue weighted by atomic mass is 9.84. The molecule has 1 aliphatic rings.